The lowest BCUT2D eigenvalue weighted by Crippen LogP contribution is -2.27. The van der Waals surface area contributed by atoms with Crippen molar-refractivity contribution in [1.29, 1.82) is 0 Å². The van der Waals surface area contributed by atoms with Gasteiger partial charge in [0.1, 0.15) is 10.6 Å². The number of hydrogen-bond donors (Lipinski definition) is 1. The lowest BCUT2D eigenvalue weighted by molar-refractivity contribution is -0.121. The van der Waals surface area contributed by atoms with E-state index >= 15 is 0 Å². The number of carbonyl (C=O) groups excluding carboxylic acids is 1. The summed E-state index contributed by atoms with van der Waals surface area (Å²) >= 11 is 1.45. The molecule has 1 N–H and O–H groups in total. The molecule has 6 nitrogen and oxygen atoms in total. The summed E-state index contributed by atoms with van der Waals surface area (Å²) in [5.41, 5.74) is 3.81. The van der Waals surface area contributed by atoms with Crippen molar-refractivity contribution in [2.24, 2.45) is 0 Å². The van der Waals surface area contributed by atoms with Crippen LogP contribution in [0.2, 0.25) is 0 Å². The second-order valence-corrected chi connectivity index (χ2v) is 8.14. The number of nitrogens with one attached hydrogen (secondary N) is 1. The number of thiophene rings is 1. The third kappa shape index (κ3) is 4.51. The van der Waals surface area contributed by atoms with Crippen LogP contribution in [0.4, 0.5) is 0 Å². The van der Waals surface area contributed by atoms with Crippen molar-refractivity contribution in [3.8, 4) is 16.9 Å². The zero-order valence-electron chi connectivity index (χ0n) is 17.4. The highest BCUT2D eigenvalue weighted by Crippen LogP contribution is 2.30. The van der Waals surface area contributed by atoms with E-state index in [1.54, 1.807) is 7.11 Å². The van der Waals surface area contributed by atoms with Gasteiger partial charge in [0.05, 0.1) is 18.8 Å². The van der Waals surface area contributed by atoms with E-state index in [1.807, 2.05) is 60.8 Å². The number of nitrogens with zero attached hydrogens (tertiary/aromatic N) is 2. The molecule has 2 aromatic carbocycles. The van der Waals surface area contributed by atoms with Gasteiger partial charge in [-0.15, -0.1) is 11.3 Å². The molecule has 0 bridgehead atoms. The third-order valence-corrected chi connectivity index (χ3v) is 6.06. The molecule has 0 saturated carbocycles. The number of hydrogen-bond acceptors (Lipinski definition) is 5. The van der Waals surface area contributed by atoms with E-state index < -0.39 is 0 Å². The predicted molar refractivity (Wildman–Crippen MR) is 124 cm³/mol. The molecule has 7 heteroatoms. The minimum atomic E-state index is -0.137. The maximum Gasteiger partial charge on any atom is 0.262 e. The zero-order chi connectivity index (χ0) is 21.8. The Morgan fingerprint density at radius 2 is 1.94 bits per heavy atom. The smallest absolute Gasteiger partial charge is 0.262 e. The van der Waals surface area contributed by atoms with Crippen LogP contribution >= 0.6 is 11.3 Å². The largest absolute Gasteiger partial charge is 0.496 e. The summed E-state index contributed by atoms with van der Waals surface area (Å²) in [6.07, 6.45) is 1.71. The van der Waals surface area contributed by atoms with Crippen LogP contribution in [0.3, 0.4) is 0 Å². The Bertz CT molecular complexity index is 1280. The van der Waals surface area contributed by atoms with E-state index in [1.165, 1.54) is 22.2 Å². The van der Waals surface area contributed by atoms with Crippen molar-refractivity contribution in [3.05, 3.63) is 81.7 Å². The zero-order valence-corrected chi connectivity index (χ0v) is 18.2. The molecule has 2 heterocycles. The molecule has 0 saturated heterocycles. The quantitative estimate of drug-likeness (QED) is 0.475. The molecule has 31 heavy (non-hydrogen) atoms. The van der Waals surface area contributed by atoms with E-state index in [-0.39, 0.29) is 24.4 Å². The Labute approximate surface area is 184 Å². The maximum absolute atomic E-state index is 13.1. The van der Waals surface area contributed by atoms with Gasteiger partial charge in [0.2, 0.25) is 5.91 Å². The fraction of sp³-hybridized carbons (Fsp3) is 0.208. The molecule has 0 aliphatic carbocycles. The topological polar surface area (TPSA) is 73.2 Å². The first-order valence-corrected chi connectivity index (χ1v) is 10.9. The second-order valence-electron chi connectivity index (χ2n) is 7.28. The van der Waals surface area contributed by atoms with Gasteiger partial charge in [-0.05, 0) is 18.6 Å². The first-order valence-electron chi connectivity index (χ1n) is 9.99. The number of rotatable bonds is 7. The van der Waals surface area contributed by atoms with Gasteiger partial charge in [0, 0.05) is 36.0 Å². The van der Waals surface area contributed by atoms with Crippen molar-refractivity contribution in [2.75, 3.05) is 7.11 Å². The molecule has 4 rings (SSSR count). The van der Waals surface area contributed by atoms with Gasteiger partial charge in [-0.2, -0.15) is 0 Å². The Morgan fingerprint density at radius 1 is 1.16 bits per heavy atom. The van der Waals surface area contributed by atoms with Gasteiger partial charge in [-0.1, -0.05) is 48.0 Å². The number of ether oxygens (including phenoxy) is 1. The molecule has 0 atom stereocenters. The SMILES string of the molecule is COc1ccccc1CNC(=O)CCn1cnc2scc(-c3ccc(C)cc3)c2c1=O. The molecule has 2 aromatic heterocycles. The standard InChI is InChI=1S/C24H23N3O3S/c1-16-7-9-17(10-8-16)19-14-31-23-22(19)24(29)27(15-26-23)12-11-21(28)25-13-18-5-3-4-6-20(18)30-2/h3-10,14-15H,11-13H2,1-2H3,(H,25,28). The minimum Gasteiger partial charge on any atom is -0.496 e. The molecule has 0 unspecified atom stereocenters. The van der Waals surface area contributed by atoms with Crippen LogP contribution in [0.15, 0.2) is 65.0 Å². The molecule has 4 aromatic rings. The van der Waals surface area contributed by atoms with Crippen molar-refractivity contribution in [1.82, 2.24) is 14.9 Å². The summed E-state index contributed by atoms with van der Waals surface area (Å²) in [6, 6.07) is 15.6. The minimum absolute atomic E-state index is 0.126. The lowest BCUT2D eigenvalue weighted by Gasteiger charge is -2.10. The molecule has 1 amide bonds. The molecule has 0 aliphatic heterocycles. The summed E-state index contributed by atoms with van der Waals surface area (Å²) < 4.78 is 6.82. The molecule has 0 fully saturated rings. The average molecular weight is 434 g/mol. The van der Waals surface area contributed by atoms with Gasteiger partial charge in [0.25, 0.3) is 5.56 Å². The predicted octanol–water partition coefficient (Wildman–Crippen LogP) is 4.15. The van der Waals surface area contributed by atoms with E-state index in [4.69, 9.17) is 4.74 Å². The summed E-state index contributed by atoms with van der Waals surface area (Å²) in [7, 11) is 1.60. The summed E-state index contributed by atoms with van der Waals surface area (Å²) in [5.74, 6) is 0.594. The Balaban J connectivity index is 1.48. The van der Waals surface area contributed by atoms with Crippen LogP contribution in [0.5, 0.6) is 5.75 Å². The van der Waals surface area contributed by atoms with Crippen molar-refractivity contribution in [3.63, 3.8) is 0 Å². The normalized spacial score (nSPS) is 10.9. The van der Waals surface area contributed by atoms with Gasteiger partial charge < -0.3 is 10.1 Å². The Kier molecular flexibility index (Phi) is 6.13. The number of amides is 1. The highest BCUT2D eigenvalue weighted by atomic mass is 32.1. The van der Waals surface area contributed by atoms with Crippen LogP contribution < -0.4 is 15.6 Å². The first-order chi connectivity index (χ1) is 15.1. The first kappa shape index (κ1) is 20.8. The number of aromatic nitrogens is 2. The number of benzene rings is 2. The van der Waals surface area contributed by atoms with Crippen molar-refractivity contribution < 1.29 is 9.53 Å². The monoisotopic (exact) mass is 433 g/mol. The van der Waals surface area contributed by atoms with Crippen molar-refractivity contribution >= 4 is 27.5 Å². The number of aryl methyl sites for hydroxylation is 2. The van der Waals surface area contributed by atoms with Crippen molar-refractivity contribution in [2.45, 2.75) is 26.4 Å². The number of methoxy groups -OCH3 is 1. The molecule has 0 radical (unpaired) electrons. The van der Waals surface area contributed by atoms with Gasteiger partial charge in [-0.3, -0.25) is 14.2 Å². The lowest BCUT2D eigenvalue weighted by atomic mass is 10.1. The average Bonchev–Trinajstić information content (AvgIpc) is 3.23. The van der Waals surface area contributed by atoms with Crippen LogP contribution in [0, 0.1) is 6.92 Å². The number of carbonyl (C=O) groups is 1. The fourth-order valence-corrected chi connectivity index (χ4v) is 4.33. The van der Waals surface area contributed by atoms with Crippen LogP contribution in [0.1, 0.15) is 17.5 Å². The highest BCUT2D eigenvalue weighted by Gasteiger charge is 2.14. The fourth-order valence-electron chi connectivity index (χ4n) is 3.43. The molecule has 158 valence electrons. The third-order valence-electron chi connectivity index (χ3n) is 5.17. The van der Waals surface area contributed by atoms with Gasteiger partial charge in [-0.25, -0.2) is 4.98 Å². The number of para-hydroxylation sites is 1. The molecule has 0 spiro atoms. The second kappa shape index (κ2) is 9.14. The van der Waals surface area contributed by atoms with Crippen LogP contribution in [0.25, 0.3) is 21.3 Å². The van der Waals surface area contributed by atoms with E-state index in [0.29, 0.717) is 16.8 Å². The summed E-state index contributed by atoms with van der Waals surface area (Å²) in [6.45, 7) is 2.67. The van der Waals surface area contributed by atoms with Crippen LogP contribution in [-0.4, -0.2) is 22.6 Å². The maximum atomic E-state index is 13.1. The Hall–Kier alpha value is -3.45. The number of fused-ring (bicyclic) bond motifs is 1. The van der Waals surface area contributed by atoms with E-state index in [2.05, 4.69) is 10.3 Å². The van der Waals surface area contributed by atoms with E-state index in [9.17, 15) is 9.59 Å². The van der Waals surface area contributed by atoms with Gasteiger partial charge in [0.15, 0.2) is 0 Å². The highest BCUT2D eigenvalue weighted by molar-refractivity contribution is 7.17. The van der Waals surface area contributed by atoms with Crippen LogP contribution in [-0.2, 0) is 17.9 Å². The molecular formula is C24H23N3O3S. The van der Waals surface area contributed by atoms with E-state index in [0.717, 1.165) is 28.0 Å². The Morgan fingerprint density at radius 3 is 2.71 bits per heavy atom. The van der Waals surface area contributed by atoms with Gasteiger partial charge >= 0.3 is 0 Å². The summed E-state index contributed by atoms with van der Waals surface area (Å²) in [5, 5.41) is 5.45. The molecule has 0 aliphatic rings. The molecular weight excluding hydrogens is 410 g/mol. The summed E-state index contributed by atoms with van der Waals surface area (Å²) in [4.78, 5) is 30.6.